The number of rotatable bonds is 3. The number of benzene rings is 1. The first-order chi connectivity index (χ1) is 9.40. The summed E-state index contributed by atoms with van der Waals surface area (Å²) >= 11 is 0. The lowest BCUT2D eigenvalue weighted by molar-refractivity contribution is 0.245. The molecule has 1 heterocycles. The van der Waals surface area contributed by atoms with Crippen molar-refractivity contribution >= 4 is 5.57 Å². The molecule has 0 spiro atoms. The Morgan fingerprint density at radius 1 is 1.05 bits per heavy atom. The van der Waals surface area contributed by atoms with E-state index in [4.69, 9.17) is 0 Å². The number of hydrogen-bond acceptors (Lipinski definition) is 3. The van der Waals surface area contributed by atoms with Gasteiger partial charge in [-0.1, -0.05) is 19.9 Å². The molecule has 3 nitrogen and oxygen atoms in total. The predicted molar refractivity (Wildman–Crippen MR) is 83.2 cm³/mol. The Bertz CT molecular complexity index is 495. The molecule has 2 N–H and O–H groups in total. The average Bonchev–Trinajstić information content (AvgIpc) is 2.38. The van der Waals surface area contributed by atoms with Gasteiger partial charge >= 0.3 is 0 Å². The number of aromatic hydroxyl groups is 2. The lowest BCUT2D eigenvalue weighted by Gasteiger charge is -2.30. The van der Waals surface area contributed by atoms with Crippen LogP contribution in [-0.4, -0.2) is 34.2 Å². The van der Waals surface area contributed by atoms with Gasteiger partial charge in [0, 0.05) is 19.1 Å². The van der Waals surface area contributed by atoms with Crippen molar-refractivity contribution in [1.82, 2.24) is 4.90 Å². The molecule has 0 aromatic heterocycles. The second kappa shape index (κ2) is 5.88. The van der Waals surface area contributed by atoms with Crippen molar-refractivity contribution in [1.29, 1.82) is 0 Å². The summed E-state index contributed by atoms with van der Waals surface area (Å²) in [5.74, 6) is 0.675. The van der Waals surface area contributed by atoms with Gasteiger partial charge in [-0.2, -0.15) is 0 Å². The van der Waals surface area contributed by atoms with Crippen molar-refractivity contribution in [2.45, 2.75) is 46.1 Å². The van der Waals surface area contributed by atoms with E-state index < -0.39 is 0 Å². The highest BCUT2D eigenvalue weighted by molar-refractivity contribution is 5.76. The van der Waals surface area contributed by atoms with Gasteiger partial charge in [-0.25, -0.2) is 0 Å². The monoisotopic (exact) mass is 275 g/mol. The van der Waals surface area contributed by atoms with Gasteiger partial charge in [-0.05, 0) is 49.5 Å². The molecule has 0 aliphatic carbocycles. The van der Waals surface area contributed by atoms with E-state index in [0.29, 0.717) is 11.6 Å². The fourth-order valence-corrected chi connectivity index (χ4v) is 2.68. The minimum Gasteiger partial charge on any atom is -0.507 e. The van der Waals surface area contributed by atoms with Crippen LogP contribution in [0.15, 0.2) is 18.2 Å². The highest BCUT2D eigenvalue weighted by Crippen LogP contribution is 2.39. The fraction of sp³-hybridized carbons (Fsp3) is 0.529. The van der Waals surface area contributed by atoms with E-state index in [1.165, 1.54) is 0 Å². The van der Waals surface area contributed by atoms with Gasteiger partial charge in [0.1, 0.15) is 11.5 Å². The Morgan fingerprint density at radius 2 is 1.65 bits per heavy atom. The zero-order chi connectivity index (χ0) is 14.9. The molecule has 0 atom stereocenters. The van der Waals surface area contributed by atoms with Gasteiger partial charge in [-0.3, -0.25) is 4.90 Å². The summed E-state index contributed by atoms with van der Waals surface area (Å²) in [4.78, 5) is 2.38. The van der Waals surface area contributed by atoms with Crippen LogP contribution in [-0.2, 0) is 0 Å². The normalized spacial score (nSPS) is 16.8. The average molecular weight is 275 g/mol. The molecular weight excluding hydrogens is 250 g/mol. The first-order valence-corrected chi connectivity index (χ1v) is 7.39. The molecule has 1 aliphatic heterocycles. The molecule has 2 rings (SSSR count). The fourth-order valence-electron chi connectivity index (χ4n) is 2.68. The first kappa shape index (κ1) is 14.9. The molecule has 0 fully saturated rings. The molecule has 0 unspecified atom stereocenters. The third-order valence-corrected chi connectivity index (χ3v) is 4.08. The molecule has 1 aromatic carbocycles. The summed E-state index contributed by atoms with van der Waals surface area (Å²) in [6, 6.07) is 4.07. The minimum absolute atomic E-state index is 0.193. The Labute approximate surface area is 121 Å². The Kier molecular flexibility index (Phi) is 4.39. The largest absolute Gasteiger partial charge is 0.507 e. The summed E-state index contributed by atoms with van der Waals surface area (Å²) in [6.45, 7) is 10.3. The van der Waals surface area contributed by atoms with E-state index in [0.717, 1.165) is 30.6 Å². The summed E-state index contributed by atoms with van der Waals surface area (Å²) < 4.78 is 0. The van der Waals surface area contributed by atoms with Crippen LogP contribution in [0.5, 0.6) is 11.5 Å². The Hall–Kier alpha value is -1.48. The third-order valence-electron chi connectivity index (χ3n) is 4.08. The summed E-state index contributed by atoms with van der Waals surface area (Å²) in [5, 5.41) is 20.5. The lowest BCUT2D eigenvalue weighted by Crippen LogP contribution is -2.34. The molecular formula is C17H25NO2. The number of nitrogens with zero attached hydrogens (tertiary/aromatic N) is 1. The number of hydrogen-bond donors (Lipinski definition) is 2. The quantitative estimate of drug-likeness (QED) is 0.883. The minimum atomic E-state index is 0.193. The van der Waals surface area contributed by atoms with Crippen molar-refractivity contribution in [2.75, 3.05) is 13.1 Å². The van der Waals surface area contributed by atoms with Crippen LogP contribution in [0.2, 0.25) is 0 Å². The van der Waals surface area contributed by atoms with Crippen LogP contribution >= 0.6 is 0 Å². The smallest absolute Gasteiger partial charge is 0.127 e. The maximum atomic E-state index is 10.2. The highest BCUT2D eigenvalue weighted by Gasteiger charge is 2.20. The summed E-state index contributed by atoms with van der Waals surface area (Å²) in [6.07, 6.45) is 2.98. The second-order valence-corrected chi connectivity index (χ2v) is 6.16. The van der Waals surface area contributed by atoms with E-state index in [-0.39, 0.29) is 17.4 Å². The second-order valence-electron chi connectivity index (χ2n) is 6.16. The van der Waals surface area contributed by atoms with Gasteiger partial charge in [0.15, 0.2) is 0 Å². The maximum Gasteiger partial charge on any atom is 0.127 e. The van der Waals surface area contributed by atoms with E-state index in [2.05, 4.69) is 24.8 Å². The van der Waals surface area contributed by atoms with Crippen molar-refractivity contribution in [2.24, 2.45) is 0 Å². The molecule has 0 saturated heterocycles. The third kappa shape index (κ3) is 2.98. The SMILES string of the molecule is CC(C)c1cc(O)c(C2=CCN(C(C)C)CC2)c(O)c1. The van der Waals surface area contributed by atoms with Crippen molar-refractivity contribution in [3.63, 3.8) is 0 Å². The molecule has 0 saturated carbocycles. The molecule has 3 heteroatoms. The first-order valence-electron chi connectivity index (χ1n) is 7.39. The van der Waals surface area contributed by atoms with Gasteiger partial charge in [0.05, 0.1) is 5.56 Å². The standard InChI is InChI=1S/C17H25NO2/c1-11(2)14-9-15(19)17(16(20)10-14)13-5-7-18(8-6-13)12(3)4/h5,9-12,19-20H,6-8H2,1-4H3. The van der Waals surface area contributed by atoms with Crippen LogP contribution in [0.25, 0.3) is 5.57 Å². The topological polar surface area (TPSA) is 43.7 Å². The molecule has 1 aromatic rings. The van der Waals surface area contributed by atoms with Crippen LogP contribution in [0.4, 0.5) is 0 Å². The summed E-state index contributed by atoms with van der Waals surface area (Å²) in [7, 11) is 0. The van der Waals surface area contributed by atoms with Crippen LogP contribution < -0.4 is 0 Å². The zero-order valence-electron chi connectivity index (χ0n) is 12.8. The van der Waals surface area contributed by atoms with Crippen molar-refractivity contribution < 1.29 is 10.2 Å². The van der Waals surface area contributed by atoms with Gasteiger partial charge in [-0.15, -0.1) is 0 Å². The molecule has 0 amide bonds. The Balaban J connectivity index is 2.30. The van der Waals surface area contributed by atoms with Gasteiger partial charge < -0.3 is 10.2 Å². The van der Waals surface area contributed by atoms with Crippen LogP contribution in [0.1, 0.15) is 51.2 Å². The zero-order valence-corrected chi connectivity index (χ0v) is 12.8. The van der Waals surface area contributed by atoms with E-state index in [9.17, 15) is 10.2 Å². The molecule has 110 valence electrons. The Morgan fingerprint density at radius 3 is 2.05 bits per heavy atom. The van der Waals surface area contributed by atoms with Crippen LogP contribution in [0, 0.1) is 0 Å². The predicted octanol–water partition coefficient (Wildman–Crippen LogP) is 3.72. The molecule has 20 heavy (non-hydrogen) atoms. The summed E-state index contributed by atoms with van der Waals surface area (Å²) in [5.41, 5.74) is 2.62. The van der Waals surface area contributed by atoms with E-state index in [1.54, 1.807) is 12.1 Å². The highest BCUT2D eigenvalue weighted by atomic mass is 16.3. The van der Waals surface area contributed by atoms with Crippen LogP contribution in [0.3, 0.4) is 0 Å². The number of phenols is 2. The van der Waals surface area contributed by atoms with Crippen molar-refractivity contribution in [3.05, 3.63) is 29.3 Å². The van der Waals surface area contributed by atoms with Gasteiger partial charge in [0.2, 0.25) is 0 Å². The van der Waals surface area contributed by atoms with E-state index >= 15 is 0 Å². The number of phenolic OH excluding ortho intramolecular Hbond substituents is 2. The lowest BCUT2D eigenvalue weighted by atomic mass is 9.93. The van der Waals surface area contributed by atoms with Gasteiger partial charge in [0.25, 0.3) is 0 Å². The van der Waals surface area contributed by atoms with Crippen molar-refractivity contribution in [3.8, 4) is 11.5 Å². The molecule has 0 radical (unpaired) electrons. The maximum absolute atomic E-state index is 10.2. The molecule has 1 aliphatic rings. The van der Waals surface area contributed by atoms with E-state index in [1.807, 2.05) is 13.8 Å². The molecule has 0 bridgehead atoms.